The lowest BCUT2D eigenvalue weighted by Crippen LogP contribution is -2.46. The van der Waals surface area contributed by atoms with Crippen molar-refractivity contribution in [1.29, 1.82) is 0 Å². The number of piperidine rings is 1. The lowest BCUT2D eigenvalue weighted by molar-refractivity contribution is -0.147. The molecule has 5 heteroatoms. The maximum absolute atomic E-state index is 13.3. The highest BCUT2D eigenvalue weighted by atomic mass is 19.1. The molecule has 0 amide bonds. The van der Waals surface area contributed by atoms with Crippen molar-refractivity contribution in [2.45, 2.75) is 25.3 Å². The number of carbonyl (C=O) groups is 1. The topological polar surface area (TPSA) is 49.8 Å². The number of halogens is 1. The van der Waals surface area contributed by atoms with Crippen LogP contribution in [0.2, 0.25) is 0 Å². The van der Waals surface area contributed by atoms with Crippen molar-refractivity contribution >= 4 is 5.97 Å². The largest absolute Gasteiger partial charge is 0.460 e. The summed E-state index contributed by atoms with van der Waals surface area (Å²) in [5.74, 6) is -0.368. The first-order valence-electron chi connectivity index (χ1n) is 6.39. The number of rotatable bonds is 4. The van der Waals surface area contributed by atoms with E-state index in [0.29, 0.717) is 13.0 Å². The van der Waals surface area contributed by atoms with E-state index >= 15 is 0 Å². The molecule has 4 nitrogen and oxygen atoms in total. The smallest absolute Gasteiger partial charge is 0.320 e. The van der Waals surface area contributed by atoms with Crippen LogP contribution in [0.5, 0.6) is 0 Å². The fourth-order valence-electron chi connectivity index (χ4n) is 2.07. The summed E-state index contributed by atoms with van der Waals surface area (Å²) >= 11 is 0. The van der Waals surface area contributed by atoms with E-state index in [1.54, 1.807) is 4.90 Å². The van der Waals surface area contributed by atoms with E-state index < -0.39 is 12.3 Å². The Morgan fingerprint density at radius 2 is 2.16 bits per heavy atom. The zero-order valence-electron chi connectivity index (χ0n) is 10.7. The summed E-state index contributed by atoms with van der Waals surface area (Å²) in [5, 5.41) is 9.26. The second-order valence-electron chi connectivity index (χ2n) is 4.75. The molecule has 0 aliphatic carbocycles. The minimum atomic E-state index is -1.28. The van der Waals surface area contributed by atoms with Gasteiger partial charge in [-0.05, 0) is 12.0 Å². The first kappa shape index (κ1) is 14.0. The first-order chi connectivity index (χ1) is 9.15. The number of hydrogen-bond acceptors (Lipinski definition) is 4. The lowest BCUT2D eigenvalue weighted by Gasteiger charge is -2.31. The second kappa shape index (κ2) is 6.63. The molecule has 1 fully saturated rings. The third-order valence-electron chi connectivity index (χ3n) is 3.19. The van der Waals surface area contributed by atoms with Gasteiger partial charge in [-0.2, -0.15) is 0 Å². The summed E-state index contributed by atoms with van der Waals surface area (Å²) < 4.78 is 18.4. The van der Waals surface area contributed by atoms with Gasteiger partial charge in [0, 0.05) is 13.1 Å². The first-order valence-corrected chi connectivity index (χ1v) is 6.39. The van der Waals surface area contributed by atoms with Gasteiger partial charge in [-0.15, -0.1) is 0 Å². The van der Waals surface area contributed by atoms with E-state index in [0.717, 1.165) is 5.56 Å². The van der Waals surface area contributed by atoms with Crippen LogP contribution in [-0.2, 0) is 16.1 Å². The third-order valence-corrected chi connectivity index (χ3v) is 3.19. The highest BCUT2D eigenvalue weighted by molar-refractivity contribution is 5.71. The summed E-state index contributed by atoms with van der Waals surface area (Å²) in [5.41, 5.74) is 0.924. The number of nitrogens with zero attached hydrogens (tertiary/aromatic N) is 1. The standard InChI is InChI=1S/C14H18FNO3/c15-12-8-16(7-6-13(12)17)9-14(18)19-10-11-4-2-1-3-5-11/h1-5,12-13,17H,6-10H2/t12-,13+/m0/s1. The molecule has 1 N–H and O–H groups in total. The molecule has 0 radical (unpaired) electrons. The van der Waals surface area contributed by atoms with E-state index in [4.69, 9.17) is 4.74 Å². The molecule has 0 spiro atoms. The van der Waals surface area contributed by atoms with E-state index in [1.165, 1.54) is 0 Å². The molecular weight excluding hydrogens is 249 g/mol. The van der Waals surface area contributed by atoms with Gasteiger partial charge in [0.25, 0.3) is 0 Å². The molecule has 1 aromatic rings. The van der Waals surface area contributed by atoms with Crippen LogP contribution in [0.25, 0.3) is 0 Å². The van der Waals surface area contributed by atoms with Crippen LogP contribution in [0.4, 0.5) is 4.39 Å². The Kier molecular flexibility index (Phi) is 4.87. The summed E-state index contributed by atoms with van der Waals surface area (Å²) in [4.78, 5) is 13.3. The summed E-state index contributed by atoms with van der Waals surface area (Å²) in [7, 11) is 0. The van der Waals surface area contributed by atoms with Crippen molar-refractivity contribution in [1.82, 2.24) is 4.90 Å². The van der Waals surface area contributed by atoms with Crippen molar-refractivity contribution < 1.29 is 19.0 Å². The molecular formula is C14H18FNO3. The van der Waals surface area contributed by atoms with Gasteiger partial charge >= 0.3 is 5.97 Å². The minimum absolute atomic E-state index is 0.0694. The van der Waals surface area contributed by atoms with Crippen LogP contribution >= 0.6 is 0 Å². The zero-order chi connectivity index (χ0) is 13.7. The Hall–Kier alpha value is -1.46. The van der Waals surface area contributed by atoms with Gasteiger partial charge in [-0.3, -0.25) is 9.69 Å². The molecule has 19 heavy (non-hydrogen) atoms. The molecule has 1 aliphatic rings. The molecule has 0 aromatic heterocycles. The monoisotopic (exact) mass is 267 g/mol. The van der Waals surface area contributed by atoms with Gasteiger partial charge in [0.15, 0.2) is 0 Å². The average Bonchev–Trinajstić information content (AvgIpc) is 2.42. The number of aliphatic hydroxyl groups excluding tert-OH is 1. The molecule has 2 atom stereocenters. The predicted octanol–water partition coefficient (Wildman–Crippen LogP) is 1.13. The van der Waals surface area contributed by atoms with Crippen LogP contribution < -0.4 is 0 Å². The van der Waals surface area contributed by atoms with Gasteiger partial charge in [-0.1, -0.05) is 30.3 Å². The average molecular weight is 267 g/mol. The molecule has 1 heterocycles. The highest BCUT2D eigenvalue weighted by Crippen LogP contribution is 2.13. The molecule has 0 saturated carbocycles. The van der Waals surface area contributed by atoms with Gasteiger partial charge in [0.05, 0.1) is 12.6 Å². The van der Waals surface area contributed by atoms with Crippen LogP contribution in [0, 0.1) is 0 Å². The number of likely N-dealkylation sites (tertiary alicyclic amines) is 1. The van der Waals surface area contributed by atoms with Crippen molar-refractivity contribution in [3.8, 4) is 0 Å². The fourth-order valence-corrected chi connectivity index (χ4v) is 2.07. The summed E-state index contributed by atoms with van der Waals surface area (Å²) in [6.45, 7) is 0.902. The number of hydrogen-bond donors (Lipinski definition) is 1. The Morgan fingerprint density at radius 1 is 1.42 bits per heavy atom. The molecule has 1 saturated heterocycles. The van der Waals surface area contributed by atoms with Crippen molar-refractivity contribution in [3.63, 3.8) is 0 Å². The molecule has 0 bridgehead atoms. The lowest BCUT2D eigenvalue weighted by atomic mass is 10.1. The number of aliphatic hydroxyl groups is 1. The normalized spacial score (nSPS) is 24.1. The van der Waals surface area contributed by atoms with E-state index in [9.17, 15) is 14.3 Å². The van der Waals surface area contributed by atoms with Crippen molar-refractivity contribution in [2.24, 2.45) is 0 Å². The third kappa shape index (κ3) is 4.29. The fraction of sp³-hybridized carbons (Fsp3) is 0.500. The minimum Gasteiger partial charge on any atom is -0.460 e. The Bertz CT molecular complexity index is 412. The second-order valence-corrected chi connectivity index (χ2v) is 4.75. The quantitative estimate of drug-likeness (QED) is 0.831. The van der Waals surface area contributed by atoms with Gasteiger partial charge in [-0.25, -0.2) is 4.39 Å². The number of esters is 1. The van der Waals surface area contributed by atoms with Crippen LogP contribution in [-0.4, -0.2) is 47.9 Å². The Balaban J connectivity index is 1.73. The maximum atomic E-state index is 13.3. The van der Waals surface area contributed by atoms with Gasteiger partial charge in [0.2, 0.25) is 0 Å². The Morgan fingerprint density at radius 3 is 2.84 bits per heavy atom. The highest BCUT2D eigenvalue weighted by Gasteiger charge is 2.28. The molecule has 104 valence electrons. The van der Waals surface area contributed by atoms with Crippen LogP contribution in [0.1, 0.15) is 12.0 Å². The van der Waals surface area contributed by atoms with Crippen LogP contribution in [0.3, 0.4) is 0 Å². The number of benzene rings is 1. The number of carbonyl (C=O) groups excluding carboxylic acids is 1. The maximum Gasteiger partial charge on any atom is 0.320 e. The Labute approximate surface area is 111 Å². The summed E-state index contributed by atoms with van der Waals surface area (Å²) in [6, 6.07) is 9.40. The molecule has 1 aromatic carbocycles. The van der Waals surface area contributed by atoms with Crippen molar-refractivity contribution in [2.75, 3.05) is 19.6 Å². The van der Waals surface area contributed by atoms with Gasteiger partial charge < -0.3 is 9.84 Å². The molecule has 2 rings (SSSR count). The molecule has 1 aliphatic heterocycles. The molecule has 0 unspecified atom stereocenters. The predicted molar refractivity (Wildman–Crippen MR) is 68.2 cm³/mol. The number of ether oxygens (including phenoxy) is 1. The van der Waals surface area contributed by atoms with Crippen molar-refractivity contribution in [3.05, 3.63) is 35.9 Å². The van der Waals surface area contributed by atoms with Gasteiger partial charge in [0.1, 0.15) is 12.8 Å². The van der Waals surface area contributed by atoms with E-state index in [1.807, 2.05) is 30.3 Å². The SMILES string of the molecule is O=C(CN1CC[C@@H](O)[C@@H](F)C1)OCc1ccccc1. The van der Waals surface area contributed by atoms with Crippen LogP contribution in [0.15, 0.2) is 30.3 Å². The number of alkyl halides is 1. The summed E-state index contributed by atoms with van der Waals surface area (Å²) in [6.07, 6.45) is -1.83. The van der Waals surface area contributed by atoms with E-state index in [-0.39, 0.29) is 25.7 Å². The zero-order valence-corrected chi connectivity index (χ0v) is 10.7. The van der Waals surface area contributed by atoms with E-state index in [2.05, 4.69) is 0 Å².